The molecule has 2 rings (SSSR count). The van der Waals surface area contributed by atoms with Crippen LogP contribution >= 0.6 is 0 Å². The van der Waals surface area contributed by atoms with Crippen molar-refractivity contribution in [3.05, 3.63) is 58.4 Å². The molecule has 0 amide bonds. The fourth-order valence-electron chi connectivity index (χ4n) is 2.02. The summed E-state index contributed by atoms with van der Waals surface area (Å²) in [5, 5.41) is 9.78. The second-order valence-electron chi connectivity index (χ2n) is 5.19. The molecule has 0 spiro atoms. The Balaban J connectivity index is 2.47. The lowest BCUT2D eigenvalue weighted by Crippen LogP contribution is -2.00. The maximum absolute atomic E-state index is 13.6. The summed E-state index contributed by atoms with van der Waals surface area (Å²) < 4.78 is 19.5. The first-order valence-electron chi connectivity index (χ1n) is 6.61. The number of halogens is 1. The van der Waals surface area contributed by atoms with E-state index in [-0.39, 0.29) is 5.82 Å². The molecule has 2 aromatic rings. The Kier molecular flexibility index (Phi) is 4.09. The highest BCUT2D eigenvalue weighted by atomic mass is 19.1. The molecular formula is C17H19FO2. The maximum Gasteiger partial charge on any atom is 0.133 e. The molecule has 0 aliphatic heterocycles. The van der Waals surface area contributed by atoms with Crippen LogP contribution in [0.15, 0.2) is 30.3 Å². The van der Waals surface area contributed by atoms with Gasteiger partial charge in [0.15, 0.2) is 0 Å². The number of rotatable bonds is 3. The normalized spacial score (nSPS) is 12.3. The van der Waals surface area contributed by atoms with Crippen molar-refractivity contribution in [1.82, 2.24) is 0 Å². The third-order valence-corrected chi connectivity index (χ3v) is 3.30. The number of aryl methyl sites for hydroxylation is 3. The van der Waals surface area contributed by atoms with Gasteiger partial charge in [-0.15, -0.1) is 0 Å². The smallest absolute Gasteiger partial charge is 0.133 e. The first-order valence-corrected chi connectivity index (χ1v) is 6.61. The predicted molar refractivity (Wildman–Crippen MR) is 77.8 cm³/mol. The molecule has 0 radical (unpaired) electrons. The Labute approximate surface area is 118 Å². The lowest BCUT2D eigenvalue weighted by atomic mass is 10.1. The molecule has 0 bridgehead atoms. The summed E-state index contributed by atoms with van der Waals surface area (Å²) in [5.41, 5.74) is 3.03. The molecule has 0 saturated heterocycles. The van der Waals surface area contributed by atoms with Gasteiger partial charge in [0, 0.05) is 5.56 Å². The van der Waals surface area contributed by atoms with Gasteiger partial charge in [0.05, 0.1) is 6.10 Å². The van der Waals surface area contributed by atoms with Gasteiger partial charge in [0.1, 0.15) is 17.3 Å². The van der Waals surface area contributed by atoms with E-state index in [0.29, 0.717) is 16.9 Å². The Hall–Kier alpha value is -1.87. The lowest BCUT2D eigenvalue weighted by molar-refractivity contribution is 0.195. The average molecular weight is 274 g/mol. The topological polar surface area (TPSA) is 29.5 Å². The van der Waals surface area contributed by atoms with Crippen LogP contribution in [0.3, 0.4) is 0 Å². The van der Waals surface area contributed by atoms with Crippen molar-refractivity contribution in [3.8, 4) is 11.5 Å². The fourth-order valence-corrected chi connectivity index (χ4v) is 2.02. The van der Waals surface area contributed by atoms with E-state index in [1.165, 1.54) is 6.07 Å². The Bertz CT molecular complexity index is 633. The molecule has 1 atom stereocenters. The van der Waals surface area contributed by atoms with Crippen molar-refractivity contribution in [1.29, 1.82) is 0 Å². The monoisotopic (exact) mass is 274 g/mol. The molecule has 2 nitrogen and oxygen atoms in total. The summed E-state index contributed by atoms with van der Waals surface area (Å²) in [6.07, 6.45) is -0.787. The average Bonchev–Trinajstić information content (AvgIpc) is 2.37. The largest absolute Gasteiger partial charge is 0.457 e. The molecule has 0 fully saturated rings. The predicted octanol–water partition coefficient (Wildman–Crippen LogP) is 4.60. The highest BCUT2D eigenvalue weighted by molar-refractivity contribution is 5.45. The van der Waals surface area contributed by atoms with Crippen LogP contribution in [0.4, 0.5) is 4.39 Å². The summed E-state index contributed by atoms with van der Waals surface area (Å²) in [6, 6.07) is 8.87. The van der Waals surface area contributed by atoms with Crippen LogP contribution in [0.2, 0.25) is 0 Å². The number of aliphatic hydroxyl groups is 1. The molecule has 0 saturated carbocycles. The van der Waals surface area contributed by atoms with Crippen molar-refractivity contribution in [2.24, 2.45) is 0 Å². The van der Waals surface area contributed by atoms with Gasteiger partial charge in [-0.1, -0.05) is 12.1 Å². The molecule has 0 aliphatic carbocycles. The quantitative estimate of drug-likeness (QED) is 0.886. The fraction of sp³-hybridized carbons (Fsp3) is 0.294. The summed E-state index contributed by atoms with van der Waals surface area (Å²) in [4.78, 5) is 0. The Morgan fingerprint density at radius 1 is 1.00 bits per heavy atom. The summed E-state index contributed by atoms with van der Waals surface area (Å²) >= 11 is 0. The zero-order chi connectivity index (χ0) is 14.9. The van der Waals surface area contributed by atoms with Gasteiger partial charge in [-0.25, -0.2) is 4.39 Å². The van der Waals surface area contributed by atoms with Gasteiger partial charge >= 0.3 is 0 Å². The Morgan fingerprint density at radius 2 is 1.70 bits per heavy atom. The zero-order valence-electron chi connectivity index (χ0n) is 12.2. The zero-order valence-corrected chi connectivity index (χ0v) is 12.2. The number of hydrogen-bond acceptors (Lipinski definition) is 2. The molecule has 2 aromatic carbocycles. The first kappa shape index (κ1) is 14.5. The summed E-state index contributed by atoms with van der Waals surface area (Å²) in [5.74, 6) is 0.875. The number of benzene rings is 2. The number of aliphatic hydroxyl groups excluding tert-OH is 1. The van der Waals surface area contributed by atoms with Crippen LogP contribution in [0.5, 0.6) is 11.5 Å². The second-order valence-corrected chi connectivity index (χ2v) is 5.19. The minimum absolute atomic E-state index is 0.339. The van der Waals surface area contributed by atoms with Crippen LogP contribution in [-0.2, 0) is 0 Å². The highest BCUT2D eigenvalue weighted by Crippen LogP contribution is 2.33. The van der Waals surface area contributed by atoms with Crippen molar-refractivity contribution in [2.75, 3.05) is 0 Å². The van der Waals surface area contributed by atoms with Gasteiger partial charge in [-0.2, -0.15) is 0 Å². The van der Waals surface area contributed by atoms with Crippen LogP contribution in [0, 0.1) is 26.6 Å². The van der Waals surface area contributed by atoms with E-state index >= 15 is 0 Å². The third kappa shape index (κ3) is 2.99. The third-order valence-electron chi connectivity index (χ3n) is 3.30. The molecule has 0 heterocycles. The van der Waals surface area contributed by atoms with Gasteiger partial charge in [-0.05, 0) is 62.6 Å². The van der Waals surface area contributed by atoms with E-state index in [9.17, 15) is 9.50 Å². The minimum atomic E-state index is -0.787. The number of hydrogen-bond donors (Lipinski definition) is 1. The van der Waals surface area contributed by atoms with Crippen molar-refractivity contribution in [3.63, 3.8) is 0 Å². The van der Waals surface area contributed by atoms with Gasteiger partial charge in [0.25, 0.3) is 0 Å². The van der Waals surface area contributed by atoms with Gasteiger partial charge < -0.3 is 9.84 Å². The van der Waals surface area contributed by atoms with Crippen molar-refractivity contribution < 1.29 is 14.2 Å². The second kappa shape index (κ2) is 5.63. The standard InChI is InChI=1S/C17H19FO2/c1-10-5-6-11(2)16(7-10)20-17-8-12(3)15(18)9-14(17)13(4)19/h5-9,13,19H,1-4H3/t13-/m1/s1. The molecular weight excluding hydrogens is 255 g/mol. The highest BCUT2D eigenvalue weighted by Gasteiger charge is 2.14. The maximum atomic E-state index is 13.6. The van der Waals surface area contributed by atoms with Crippen LogP contribution in [0.25, 0.3) is 0 Å². The summed E-state index contributed by atoms with van der Waals surface area (Å²) in [6.45, 7) is 7.21. The van der Waals surface area contributed by atoms with E-state index in [2.05, 4.69) is 0 Å². The van der Waals surface area contributed by atoms with Crippen molar-refractivity contribution in [2.45, 2.75) is 33.8 Å². The van der Waals surface area contributed by atoms with Crippen LogP contribution in [-0.4, -0.2) is 5.11 Å². The van der Waals surface area contributed by atoms with Gasteiger partial charge in [-0.3, -0.25) is 0 Å². The van der Waals surface area contributed by atoms with Gasteiger partial charge in [0.2, 0.25) is 0 Å². The SMILES string of the molecule is Cc1ccc(C)c(Oc2cc(C)c(F)cc2[C@@H](C)O)c1. The molecule has 20 heavy (non-hydrogen) atoms. The van der Waals surface area contributed by atoms with E-state index < -0.39 is 6.10 Å². The first-order chi connectivity index (χ1) is 9.38. The molecule has 0 aromatic heterocycles. The minimum Gasteiger partial charge on any atom is -0.457 e. The molecule has 1 N–H and O–H groups in total. The molecule has 106 valence electrons. The van der Waals surface area contributed by atoms with Crippen LogP contribution in [0.1, 0.15) is 35.3 Å². The summed E-state index contributed by atoms with van der Waals surface area (Å²) in [7, 11) is 0. The van der Waals surface area contributed by atoms with E-state index in [1.54, 1.807) is 19.9 Å². The molecule has 0 aliphatic rings. The molecule has 3 heteroatoms. The lowest BCUT2D eigenvalue weighted by Gasteiger charge is -2.16. The van der Waals surface area contributed by atoms with Crippen LogP contribution < -0.4 is 4.74 Å². The Morgan fingerprint density at radius 3 is 2.35 bits per heavy atom. The van der Waals surface area contributed by atoms with Crippen molar-refractivity contribution >= 4 is 0 Å². The van der Waals surface area contributed by atoms with E-state index in [0.717, 1.165) is 16.9 Å². The van der Waals surface area contributed by atoms with E-state index in [4.69, 9.17) is 4.74 Å². The van der Waals surface area contributed by atoms with E-state index in [1.807, 2.05) is 32.0 Å². The number of ether oxygens (including phenoxy) is 1. The molecule has 0 unspecified atom stereocenters.